The van der Waals surface area contributed by atoms with Gasteiger partial charge in [-0.3, -0.25) is 4.79 Å². The van der Waals surface area contributed by atoms with Crippen LogP contribution in [0.4, 0.5) is 10.7 Å². The maximum absolute atomic E-state index is 13.3. The van der Waals surface area contributed by atoms with Gasteiger partial charge in [0.2, 0.25) is 0 Å². The molecule has 0 aliphatic heterocycles. The second-order valence-corrected chi connectivity index (χ2v) is 12.5. The lowest BCUT2D eigenvalue weighted by Gasteiger charge is -2.13. The van der Waals surface area contributed by atoms with E-state index in [1.165, 1.54) is 4.88 Å². The number of fused-ring (bicyclic) bond motifs is 1. The highest BCUT2D eigenvalue weighted by Crippen LogP contribution is 2.40. The molecule has 1 amide bonds. The van der Waals surface area contributed by atoms with Gasteiger partial charge in [-0.25, -0.2) is 4.99 Å². The van der Waals surface area contributed by atoms with E-state index < -0.39 is 0 Å². The van der Waals surface area contributed by atoms with Gasteiger partial charge in [-0.2, -0.15) is 0 Å². The van der Waals surface area contributed by atoms with Gasteiger partial charge < -0.3 is 10.1 Å². The summed E-state index contributed by atoms with van der Waals surface area (Å²) < 4.78 is 8.10. The van der Waals surface area contributed by atoms with Crippen LogP contribution >= 0.6 is 68.1 Å². The second-order valence-electron chi connectivity index (χ2n) is 8.66. The summed E-state index contributed by atoms with van der Waals surface area (Å²) in [5.41, 5.74) is 4.56. The van der Waals surface area contributed by atoms with Crippen molar-refractivity contribution in [2.45, 2.75) is 32.3 Å². The lowest BCUT2D eigenvalue weighted by Crippen LogP contribution is -2.14. The normalized spacial score (nSPS) is 12.9. The summed E-state index contributed by atoms with van der Waals surface area (Å²) in [7, 11) is 0. The molecule has 188 valence electrons. The summed E-state index contributed by atoms with van der Waals surface area (Å²) in [6, 6.07) is 21.4. The Morgan fingerprint density at radius 2 is 1.73 bits per heavy atom. The molecular formula is C29H23ClI2N2O2S. The average Bonchev–Trinajstić information content (AvgIpc) is 3.27. The van der Waals surface area contributed by atoms with Crippen molar-refractivity contribution >= 4 is 90.9 Å². The fourth-order valence-electron chi connectivity index (χ4n) is 4.28. The topological polar surface area (TPSA) is 50.7 Å². The lowest BCUT2D eigenvalue weighted by atomic mass is 9.95. The molecular weight excluding hydrogens is 730 g/mol. The zero-order chi connectivity index (χ0) is 25.8. The fourth-order valence-corrected chi connectivity index (χ4v) is 7.83. The molecule has 0 saturated carbocycles. The van der Waals surface area contributed by atoms with E-state index >= 15 is 0 Å². The number of halogens is 3. The maximum atomic E-state index is 13.3. The smallest absolute Gasteiger partial charge is 0.259 e. The Morgan fingerprint density at radius 3 is 2.49 bits per heavy atom. The molecule has 3 aromatic carbocycles. The minimum absolute atomic E-state index is 0.0924. The zero-order valence-corrected chi connectivity index (χ0v) is 25.7. The van der Waals surface area contributed by atoms with Crippen LogP contribution in [0.1, 0.15) is 44.8 Å². The van der Waals surface area contributed by atoms with E-state index in [-0.39, 0.29) is 5.91 Å². The van der Waals surface area contributed by atoms with E-state index in [4.69, 9.17) is 21.3 Å². The molecule has 0 spiro atoms. The number of para-hydroxylation sites is 1. The first-order valence-electron chi connectivity index (χ1n) is 11.9. The molecule has 5 rings (SSSR count). The number of hydrogen-bond donors (Lipinski definition) is 1. The number of hydrogen-bond acceptors (Lipinski definition) is 4. The van der Waals surface area contributed by atoms with Gasteiger partial charge in [0.1, 0.15) is 17.4 Å². The van der Waals surface area contributed by atoms with Gasteiger partial charge in [-0.05, 0) is 112 Å². The third-order valence-corrected chi connectivity index (χ3v) is 9.26. The highest BCUT2D eigenvalue weighted by molar-refractivity contribution is 14.1. The zero-order valence-electron chi connectivity index (χ0n) is 19.8. The van der Waals surface area contributed by atoms with Crippen LogP contribution in [0, 0.1) is 7.14 Å². The minimum Gasteiger partial charge on any atom is -0.487 e. The number of benzene rings is 3. The van der Waals surface area contributed by atoms with Crippen LogP contribution in [-0.4, -0.2) is 12.1 Å². The largest absolute Gasteiger partial charge is 0.487 e. The van der Waals surface area contributed by atoms with Crippen molar-refractivity contribution < 1.29 is 9.53 Å². The summed E-state index contributed by atoms with van der Waals surface area (Å²) in [4.78, 5) is 19.4. The molecule has 0 unspecified atom stereocenters. The molecule has 0 fully saturated rings. The molecule has 1 N–H and O–H groups in total. The van der Waals surface area contributed by atoms with Crippen LogP contribution in [0.5, 0.6) is 5.75 Å². The van der Waals surface area contributed by atoms with E-state index in [2.05, 4.69) is 50.5 Å². The Bertz CT molecular complexity index is 1450. The van der Waals surface area contributed by atoms with Crippen LogP contribution in [0.3, 0.4) is 0 Å². The van der Waals surface area contributed by atoms with Gasteiger partial charge in [-0.15, -0.1) is 11.3 Å². The quantitative estimate of drug-likeness (QED) is 0.151. The number of carbonyl (C=O) groups is 1. The first-order valence-corrected chi connectivity index (χ1v) is 15.2. The molecule has 4 nitrogen and oxygen atoms in total. The van der Waals surface area contributed by atoms with Gasteiger partial charge >= 0.3 is 0 Å². The van der Waals surface area contributed by atoms with Gasteiger partial charge in [0.15, 0.2) is 0 Å². The molecule has 1 heterocycles. The van der Waals surface area contributed by atoms with Crippen LogP contribution in [-0.2, 0) is 19.4 Å². The van der Waals surface area contributed by atoms with Crippen LogP contribution in [0.2, 0.25) is 5.02 Å². The van der Waals surface area contributed by atoms with E-state index in [0.29, 0.717) is 17.2 Å². The first-order chi connectivity index (χ1) is 18.0. The van der Waals surface area contributed by atoms with E-state index in [9.17, 15) is 4.79 Å². The summed E-state index contributed by atoms with van der Waals surface area (Å²) in [5, 5.41) is 4.52. The Hall–Kier alpha value is -1.95. The Kier molecular flexibility index (Phi) is 8.84. The molecule has 1 aromatic heterocycles. The van der Waals surface area contributed by atoms with Crippen LogP contribution < -0.4 is 10.1 Å². The molecule has 1 aliphatic rings. The number of anilines is 1. The molecule has 8 heteroatoms. The number of aliphatic imine (C=N–C) groups is 1. The summed E-state index contributed by atoms with van der Waals surface area (Å²) in [6.07, 6.45) is 6.03. The van der Waals surface area contributed by atoms with Gasteiger partial charge in [0.25, 0.3) is 5.91 Å². The molecule has 0 saturated heterocycles. The molecule has 0 radical (unpaired) electrons. The van der Waals surface area contributed by atoms with Crippen molar-refractivity contribution in [1.29, 1.82) is 0 Å². The van der Waals surface area contributed by atoms with Gasteiger partial charge in [0, 0.05) is 27.4 Å². The summed E-state index contributed by atoms with van der Waals surface area (Å²) in [6.45, 7) is 0.403. The van der Waals surface area contributed by atoms with Crippen molar-refractivity contribution in [3.05, 3.63) is 106 Å². The highest BCUT2D eigenvalue weighted by atomic mass is 127. The standard InChI is InChI=1S/C29H23ClI2N2O2S/c30-22-12-6-4-8-19(22)17-36-27-23(31)14-18(15-24(27)32)16-33-29-26(21-11-5-7-13-25(21)37-29)28(35)34-20-9-2-1-3-10-20/h1-4,6,8-10,12,14-16H,5,7,11,13,17H2,(H,34,35). The summed E-state index contributed by atoms with van der Waals surface area (Å²) in [5.74, 6) is 0.734. The van der Waals surface area contributed by atoms with Crippen LogP contribution in [0.25, 0.3) is 0 Å². The first kappa shape index (κ1) is 26.6. The maximum Gasteiger partial charge on any atom is 0.259 e. The number of nitrogens with one attached hydrogen (secondary N) is 1. The Labute approximate surface area is 252 Å². The molecule has 0 atom stereocenters. The highest BCUT2D eigenvalue weighted by Gasteiger charge is 2.25. The van der Waals surface area contributed by atoms with Crippen LogP contribution in [0.15, 0.2) is 71.7 Å². The van der Waals surface area contributed by atoms with Crippen molar-refractivity contribution in [2.75, 3.05) is 5.32 Å². The number of amides is 1. The molecule has 4 aromatic rings. The van der Waals surface area contributed by atoms with Crippen molar-refractivity contribution in [1.82, 2.24) is 0 Å². The van der Waals surface area contributed by atoms with E-state index in [0.717, 1.165) is 66.0 Å². The fraction of sp³-hybridized carbons (Fsp3) is 0.172. The van der Waals surface area contributed by atoms with Crippen molar-refractivity contribution in [3.8, 4) is 5.75 Å². The van der Waals surface area contributed by atoms with Crippen molar-refractivity contribution in [3.63, 3.8) is 0 Å². The molecule has 0 bridgehead atoms. The Balaban J connectivity index is 1.39. The predicted octanol–water partition coefficient (Wildman–Crippen LogP) is 9.07. The van der Waals surface area contributed by atoms with Gasteiger partial charge in [0.05, 0.1) is 12.7 Å². The summed E-state index contributed by atoms with van der Waals surface area (Å²) >= 11 is 12.5. The minimum atomic E-state index is -0.0924. The predicted molar refractivity (Wildman–Crippen MR) is 170 cm³/mol. The molecule has 1 aliphatic carbocycles. The number of carbonyl (C=O) groups excluding carboxylic acids is 1. The number of ether oxygens (including phenoxy) is 1. The SMILES string of the molecule is O=C(Nc1ccccc1)c1c(N=Cc2cc(I)c(OCc3ccccc3Cl)c(I)c2)sc2c1CCCC2. The average molecular weight is 753 g/mol. The lowest BCUT2D eigenvalue weighted by molar-refractivity contribution is 0.102. The number of nitrogens with zero attached hydrogens (tertiary/aromatic N) is 1. The Morgan fingerprint density at radius 1 is 1.03 bits per heavy atom. The van der Waals surface area contributed by atoms with Gasteiger partial charge in [-0.1, -0.05) is 48.0 Å². The van der Waals surface area contributed by atoms with E-state index in [1.807, 2.05) is 72.9 Å². The third-order valence-electron chi connectivity index (χ3n) is 6.09. The second kappa shape index (κ2) is 12.3. The number of aryl methyl sites for hydroxylation is 1. The van der Waals surface area contributed by atoms with E-state index in [1.54, 1.807) is 11.3 Å². The van der Waals surface area contributed by atoms with Crippen molar-refractivity contribution in [2.24, 2.45) is 4.99 Å². The monoisotopic (exact) mass is 752 g/mol. The number of thiophene rings is 1. The molecule has 37 heavy (non-hydrogen) atoms. The number of rotatable bonds is 7. The third kappa shape index (κ3) is 6.38.